The summed E-state index contributed by atoms with van der Waals surface area (Å²) in [6.45, 7) is 6.12. The van der Waals surface area contributed by atoms with Gasteiger partial charge in [-0.3, -0.25) is 0 Å². The molecule has 2 N–H and O–H groups in total. The highest BCUT2D eigenvalue weighted by molar-refractivity contribution is 4.77. The topological polar surface area (TPSA) is 24.1 Å². The van der Waals surface area contributed by atoms with Crippen LogP contribution in [-0.4, -0.2) is 25.7 Å². The Labute approximate surface area is 107 Å². The summed E-state index contributed by atoms with van der Waals surface area (Å²) >= 11 is 0. The molecule has 1 atom stereocenters. The third-order valence-corrected chi connectivity index (χ3v) is 4.79. The molecule has 1 saturated heterocycles. The summed E-state index contributed by atoms with van der Waals surface area (Å²) < 4.78 is 0. The largest absolute Gasteiger partial charge is 0.317 e. The van der Waals surface area contributed by atoms with Crippen molar-refractivity contribution < 1.29 is 0 Å². The predicted octanol–water partition coefficient (Wildman–Crippen LogP) is 2.93. The van der Waals surface area contributed by atoms with Crippen molar-refractivity contribution in [2.45, 2.75) is 64.3 Å². The average molecular weight is 238 g/mol. The average Bonchev–Trinajstić information content (AvgIpc) is 2.66. The third-order valence-electron chi connectivity index (χ3n) is 4.79. The van der Waals surface area contributed by atoms with Crippen LogP contribution in [0.3, 0.4) is 0 Å². The van der Waals surface area contributed by atoms with Crippen LogP contribution in [0.5, 0.6) is 0 Å². The van der Waals surface area contributed by atoms with Crippen LogP contribution in [0.15, 0.2) is 0 Å². The van der Waals surface area contributed by atoms with Crippen LogP contribution < -0.4 is 10.6 Å². The lowest BCUT2D eigenvalue weighted by Gasteiger charge is -2.28. The van der Waals surface area contributed by atoms with E-state index >= 15 is 0 Å². The number of rotatable bonds is 4. The molecule has 2 rings (SSSR count). The van der Waals surface area contributed by atoms with Crippen LogP contribution in [0.1, 0.15) is 58.3 Å². The monoisotopic (exact) mass is 238 g/mol. The van der Waals surface area contributed by atoms with Crippen molar-refractivity contribution in [2.75, 3.05) is 19.6 Å². The zero-order valence-corrected chi connectivity index (χ0v) is 11.5. The summed E-state index contributed by atoms with van der Waals surface area (Å²) in [6, 6.07) is 0.739. The van der Waals surface area contributed by atoms with Crippen LogP contribution in [0.25, 0.3) is 0 Å². The Balaban J connectivity index is 1.66. The number of hydrogen-bond donors (Lipinski definition) is 2. The molecule has 0 amide bonds. The molecule has 17 heavy (non-hydrogen) atoms. The molecule has 1 saturated carbocycles. The van der Waals surface area contributed by atoms with Crippen LogP contribution >= 0.6 is 0 Å². The second-order valence-electron chi connectivity index (χ2n) is 6.14. The Hall–Kier alpha value is -0.0800. The summed E-state index contributed by atoms with van der Waals surface area (Å²) in [6.07, 6.45) is 11.5. The van der Waals surface area contributed by atoms with Crippen molar-refractivity contribution in [1.82, 2.24) is 10.6 Å². The minimum atomic E-state index is 0.739. The van der Waals surface area contributed by atoms with Gasteiger partial charge in [0.05, 0.1) is 0 Å². The van der Waals surface area contributed by atoms with E-state index in [-0.39, 0.29) is 0 Å². The van der Waals surface area contributed by atoms with Gasteiger partial charge >= 0.3 is 0 Å². The van der Waals surface area contributed by atoms with Gasteiger partial charge in [0.25, 0.3) is 0 Å². The highest BCUT2D eigenvalue weighted by Crippen LogP contribution is 2.25. The lowest BCUT2D eigenvalue weighted by molar-refractivity contribution is 0.292. The summed E-state index contributed by atoms with van der Waals surface area (Å²) in [5.74, 6) is 1.86. The first-order chi connectivity index (χ1) is 8.36. The van der Waals surface area contributed by atoms with Crippen molar-refractivity contribution in [3.05, 3.63) is 0 Å². The van der Waals surface area contributed by atoms with Gasteiger partial charge in [-0.1, -0.05) is 25.7 Å². The molecule has 0 aromatic rings. The van der Waals surface area contributed by atoms with Gasteiger partial charge in [-0.15, -0.1) is 0 Å². The van der Waals surface area contributed by atoms with Crippen molar-refractivity contribution >= 4 is 0 Å². The van der Waals surface area contributed by atoms with Gasteiger partial charge in [0.15, 0.2) is 0 Å². The van der Waals surface area contributed by atoms with E-state index in [1.165, 1.54) is 71.0 Å². The van der Waals surface area contributed by atoms with Gasteiger partial charge in [-0.2, -0.15) is 0 Å². The molecule has 1 aliphatic heterocycles. The lowest BCUT2D eigenvalue weighted by atomic mass is 9.91. The first-order valence-electron chi connectivity index (χ1n) is 7.80. The number of piperidine rings is 1. The van der Waals surface area contributed by atoms with E-state index < -0.39 is 0 Å². The fourth-order valence-corrected chi connectivity index (χ4v) is 3.42. The standard InChI is InChI=1S/C15H30N2/c1-13(15-6-4-2-3-5-7-15)17-12-14-8-10-16-11-9-14/h13-17H,2-12H2,1H3/t13-/m0/s1. The van der Waals surface area contributed by atoms with Crippen molar-refractivity contribution in [2.24, 2.45) is 11.8 Å². The Morgan fingerprint density at radius 1 is 1.00 bits per heavy atom. The molecule has 0 bridgehead atoms. The first-order valence-corrected chi connectivity index (χ1v) is 7.80. The fourth-order valence-electron chi connectivity index (χ4n) is 3.42. The Kier molecular flexibility index (Phi) is 5.79. The van der Waals surface area contributed by atoms with Crippen molar-refractivity contribution in [1.29, 1.82) is 0 Å². The van der Waals surface area contributed by atoms with Crippen LogP contribution in [-0.2, 0) is 0 Å². The quantitative estimate of drug-likeness (QED) is 0.736. The van der Waals surface area contributed by atoms with Gasteiger partial charge in [0.1, 0.15) is 0 Å². The SMILES string of the molecule is C[C@H](NCC1CCNCC1)C1CCCCCC1. The molecule has 1 heterocycles. The molecule has 0 aromatic heterocycles. The predicted molar refractivity (Wildman–Crippen MR) is 74.3 cm³/mol. The zero-order valence-electron chi connectivity index (χ0n) is 11.5. The van der Waals surface area contributed by atoms with Gasteiger partial charge in [0.2, 0.25) is 0 Å². The third kappa shape index (κ3) is 4.59. The van der Waals surface area contributed by atoms with Crippen molar-refractivity contribution in [3.8, 4) is 0 Å². The van der Waals surface area contributed by atoms with Crippen LogP contribution in [0.4, 0.5) is 0 Å². The molecule has 2 heteroatoms. The second-order valence-corrected chi connectivity index (χ2v) is 6.14. The molecule has 2 aliphatic rings. The molecule has 100 valence electrons. The molecule has 0 spiro atoms. The number of hydrogen-bond acceptors (Lipinski definition) is 2. The maximum Gasteiger partial charge on any atom is 0.00671 e. The summed E-state index contributed by atoms with van der Waals surface area (Å²) in [4.78, 5) is 0. The minimum Gasteiger partial charge on any atom is -0.317 e. The molecule has 2 nitrogen and oxygen atoms in total. The van der Waals surface area contributed by atoms with Gasteiger partial charge in [-0.05, 0) is 64.1 Å². The maximum atomic E-state index is 3.82. The molecule has 1 aliphatic carbocycles. The summed E-state index contributed by atoms with van der Waals surface area (Å²) in [7, 11) is 0. The van der Waals surface area contributed by atoms with Crippen LogP contribution in [0, 0.1) is 11.8 Å². The smallest absolute Gasteiger partial charge is 0.00671 e. The summed E-state index contributed by atoms with van der Waals surface area (Å²) in [5, 5.41) is 7.27. The van der Waals surface area contributed by atoms with E-state index in [9.17, 15) is 0 Å². The Morgan fingerprint density at radius 3 is 2.29 bits per heavy atom. The molecular weight excluding hydrogens is 208 g/mol. The molecular formula is C15H30N2. The molecule has 0 radical (unpaired) electrons. The Morgan fingerprint density at radius 2 is 1.65 bits per heavy atom. The molecule has 0 aromatic carbocycles. The van der Waals surface area contributed by atoms with E-state index in [4.69, 9.17) is 0 Å². The van der Waals surface area contributed by atoms with E-state index in [1.807, 2.05) is 0 Å². The summed E-state index contributed by atoms with van der Waals surface area (Å²) in [5.41, 5.74) is 0. The van der Waals surface area contributed by atoms with E-state index in [2.05, 4.69) is 17.6 Å². The van der Waals surface area contributed by atoms with Gasteiger partial charge in [0, 0.05) is 6.04 Å². The van der Waals surface area contributed by atoms with E-state index in [0.717, 1.165) is 17.9 Å². The van der Waals surface area contributed by atoms with E-state index in [1.54, 1.807) is 0 Å². The molecule has 2 fully saturated rings. The minimum absolute atomic E-state index is 0.739. The highest BCUT2D eigenvalue weighted by Gasteiger charge is 2.20. The fraction of sp³-hybridized carbons (Fsp3) is 1.00. The van der Waals surface area contributed by atoms with E-state index in [0.29, 0.717) is 0 Å². The van der Waals surface area contributed by atoms with Gasteiger partial charge < -0.3 is 10.6 Å². The zero-order chi connectivity index (χ0) is 11.9. The lowest BCUT2D eigenvalue weighted by Crippen LogP contribution is -2.39. The number of nitrogens with one attached hydrogen (secondary N) is 2. The first kappa shape index (κ1) is 13.4. The molecule has 0 unspecified atom stereocenters. The van der Waals surface area contributed by atoms with Crippen molar-refractivity contribution in [3.63, 3.8) is 0 Å². The second kappa shape index (κ2) is 7.38. The normalized spacial score (nSPS) is 26.6. The van der Waals surface area contributed by atoms with Crippen LogP contribution in [0.2, 0.25) is 0 Å². The Bertz CT molecular complexity index is 191. The van der Waals surface area contributed by atoms with Gasteiger partial charge in [-0.25, -0.2) is 0 Å². The maximum absolute atomic E-state index is 3.82. The highest BCUT2D eigenvalue weighted by atomic mass is 14.9.